The first-order valence-corrected chi connectivity index (χ1v) is 15.2. The van der Waals surface area contributed by atoms with Crippen LogP contribution in [0.4, 0.5) is 5.69 Å². The molecule has 2 amide bonds. The maximum absolute atomic E-state index is 14.0. The first kappa shape index (κ1) is 30.2. The van der Waals surface area contributed by atoms with Crippen molar-refractivity contribution < 1.29 is 18.0 Å². The van der Waals surface area contributed by atoms with Crippen molar-refractivity contribution in [2.45, 2.75) is 45.7 Å². The van der Waals surface area contributed by atoms with Crippen molar-refractivity contribution in [3.8, 4) is 0 Å². The SMILES string of the molecule is CCCCNC(=O)[C@@H](Cc1ccccc1)N(Cc1ccc(Cl)cc1)C(=O)CN(c1cccc(C)c1)S(C)(=O)=O. The summed E-state index contributed by atoms with van der Waals surface area (Å²) in [6.45, 7) is 4.05. The van der Waals surface area contributed by atoms with Crippen molar-refractivity contribution >= 4 is 39.1 Å². The zero-order chi connectivity index (χ0) is 28.4. The quantitative estimate of drug-likeness (QED) is 0.294. The van der Waals surface area contributed by atoms with Crippen molar-refractivity contribution in [2.75, 3.05) is 23.7 Å². The third-order valence-electron chi connectivity index (χ3n) is 6.34. The number of hydrogen-bond acceptors (Lipinski definition) is 4. The van der Waals surface area contributed by atoms with E-state index in [2.05, 4.69) is 5.32 Å². The summed E-state index contributed by atoms with van der Waals surface area (Å²) in [4.78, 5) is 29.0. The van der Waals surface area contributed by atoms with E-state index in [4.69, 9.17) is 11.6 Å². The van der Waals surface area contributed by atoms with Crippen LogP contribution in [0.1, 0.15) is 36.5 Å². The fourth-order valence-electron chi connectivity index (χ4n) is 4.24. The van der Waals surface area contributed by atoms with E-state index in [9.17, 15) is 18.0 Å². The number of halogens is 1. The number of carbonyl (C=O) groups is 2. The van der Waals surface area contributed by atoms with Gasteiger partial charge in [0.15, 0.2) is 0 Å². The number of amides is 2. The molecule has 0 aliphatic carbocycles. The molecular formula is C30H36ClN3O4S. The number of carbonyl (C=O) groups excluding carboxylic acids is 2. The normalized spacial score (nSPS) is 12.0. The summed E-state index contributed by atoms with van der Waals surface area (Å²) in [6, 6.07) is 22.6. The Morgan fingerprint density at radius 3 is 2.26 bits per heavy atom. The fourth-order valence-corrected chi connectivity index (χ4v) is 5.21. The molecule has 0 aliphatic heterocycles. The predicted octanol–water partition coefficient (Wildman–Crippen LogP) is 4.97. The van der Waals surface area contributed by atoms with Crippen molar-refractivity contribution in [3.63, 3.8) is 0 Å². The molecule has 0 heterocycles. The van der Waals surface area contributed by atoms with E-state index in [0.717, 1.165) is 40.1 Å². The molecule has 0 fully saturated rings. The van der Waals surface area contributed by atoms with Gasteiger partial charge in [-0.1, -0.05) is 79.5 Å². The summed E-state index contributed by atoms with van der Waals surface area (Å²) in [7, 11) is -3.80. The number of nitrogens with one attached hydrogen (secondary N) is 1. The average molecular weight is 570 g/mol. The van der Waals surface area contributed by atoms with Crippen LogP contribution >= 0.6 is 11.6 Å². The van der Waals surface area contributed by atoms with Crippen molar-refractivity contribution in [2.24, 2.45) is 0 Å². The van der Waals surface area contributed by atoms with E-state index in [-0.39, 0.29) is 18.9 Å². The van der Waals surface area contributed by atoms with Gasteiger partial charge in [0.25, 0.3) is 0 Å². The Morgan fingerprint density at radius 2 is 1.64 bits per heavy atom. The van der Waals surface area contributed by atoms with Gasteiger partial charge in [0, 0.05) is 24.5 Å². The van der Waals surface area contributed by atoms with Gasteiger partial charge in [-0.05, 0) is 54.3 Å². The number of sulfonamides is 1. The number of rotatable bonds is 13. The second-order valence-corrected chi connectivity index (χ2v) is 12.0. The van der Waals surface area contributed by atoms with Crippen LogP contribution in [0.5, 0.6) is 0 Å². The molecule has 0 radical (unpaired) electrons. The van der Waals surface area contributed by atoms with Gasteiger partial charge < -0.3 is 10.2 Å². The molecule has 39 heavy (non-hydrogen) atoms. The highest BCUT2D eigenvalue weighted by Crippen LogP contribution is 2.22. The highest BCUT2D eigenvalue weighted by molar-refractivity contribution is 7.92. The molecular weight excluding hydrogens is 534 g/mol. The van der Waals surface area contributed by atoms with Gasteiger partial charge in [0.05, 0.1) is 11.9 Å². The van der Waals surface area contributed by atoms with E-state index in [1.165, 1.54) is 4.90 Å². The van der Waals surface area contributed by atoms with Gasteiger partial charge in [0.2, 0.25) is 21.8 Å². The van der Waals surface area contributed by atoms with Gasteiger partial charge in [0.1, 0.15) is 12.6 Å². The summed E-state index contributed by atoms with van der Waals surface area (Å²) < 4.78 is 26.7. The molecule has 0 saturated carbocycles. The monoisotopic (exact) mass is 569 g/mol. The van der Waals surface area contributed by atoms with E-state index >= 15 is 0 Å². The standard InChI is InChI=1S/C30H36ClN3O4S/c1-4-5-18-32-30(36)28(20-24-11-7-6-8-12-24)33(21-25-14-16-26(31)17-15-25)29(35)22-34(39(3,37)38)27-13-9-10-23(2)19-27/h6-17,19,28H,4-5,18,20-22H2,1-3H3,(H,32,36)/t28-/m1/s1. The lowest BCUT2D eigenvalue weighted by Crippen LogP contribution is -2.53. The third-order valence-corrected chi connectivity index (χ3v) is 7.73. The summed E-state index contributed by atoms with van der Waals surface area (Å²) in [6.07, 6.45) is 3.08. The molecule has 0 bridgehead atoms. The maximum atomic E-state index is 14.0. The van der Waals surface area contributed by atoms with Crippen LogP contribution in [0.15, 0.2) is 78.9 Å². The van der Waals surface area contributed by atoms with Crippen LogP contribution in [0.2, 0.25) is 5.02 Å². The summed E-state index contributed by atoms with van der Waals surface area (Å²) in [5, 5.41) is 3.52. The van der Waals surface area contributed by atoms with Crippen LogP contribution in [0, 0.1) is 6.92 Å². The summed E-state index contributed by atoms with van der Waals surface area (Å²) in [5.74, 6) is -0.764. The zero-order valence-corrected chi connectivity index (χ0v) is 24.2. The van der Waals surface area contributed by atoms with E-state index < -0.39 is 28.5 Å². The van der Waals surface area contributed by atoms with Crippen LogP contribution < -0.4 is 9.62 Å². The van der Waals surface area contributed by atoms with E-state index in [0.29, 0.717) is 17.3 Å². The number of nitrogens with zero attached hydrogens (tertiary/aromatic N) is 2. The molecule has 208 valence electrons. The number of benzene rings is 3. The number of hydrogen-bond donors (Lipinski definition) is 1. The Hall–Kier alpha value is -3.36. The molecule has 0 saturated heterocycles. The minimum Gasteiger partial charge on any atom is -0.354 e. The number of anilines is 1. The Morgan fingerprint density at radius 1 is 0.949 bits per heavy atom. The van der Waals surface area contributed by atoms with Crippen molar-refractivity contribution in [3.05, 3.63) is 101 Å². The molecule has 1 atom stereocenters. The molecule has 0 aromatic heterocycles. The van der Waals surface area contributed by atoms with Crippen molar-refractivity contribution in [1.29, 1.82) is 0 Å². The van der Waals surface area contributed by atoms with E-state index in [1.807, 2.05) is 50.2 Å². The topological polar surface area (TPSA) is 86.8 Å². The number of aryl methyl sites for hydroxylation is 1. The average Bonchev–Trinajstić information content (AvgIpc) is 2.90. The number of unbranched alkanes of at least 4 members (excludes halogenated alkanes) is 1. The Labute approximate surface area is 236 Å². The molecule has 0 unspecified atom stereocenters. The first-order chi connectivity index (χ1) is 18.6. The lowest BCUT2D eigenvalue weighted by molar-refractivity contribution is -0.140. The molecule has 3 aromatic carbocycles. The first-order valence-electron chi connectivity index (χ1n) is 13.0. The highest BCUT2D eigenvalue weighted by atomic mass is 35.5. The minimum atomic E-state index is -3.80. The minimum absolute atomic E-state index is 0.111. The highest BCUT2D eigenvalue weighted by Gasteiger charge is 2.33. The van der Waals surface area contributed by atoms with Crippen LogP contribution in [0.25, 0.3) is 0 Å². The van der Waals surface area contributed by atoms with Gasteiger partial charge >= 0.3 is 0 Å². The lowest BCUT2D eigenvalue weighted by Gasteiger charge is -2.33. The summed E-state index contributed by atoms with van der Waals surface area (Å²) >= 11 is 6.08. The van der Waals surface area contributed by atoms with Crippen molar-refractivity contribution in [1.82, 2.24) is 10.2 Å². The predicted molar refractivity (Wildman–Crippen MR) is 157 cm³/mol. The van der Waals surface area contributed by atoms with E-state index in [1.54, 1.807) is 42.5 Å². The van der Waals surface area contributed by atoms with Gasteiger partial charge in [-0.15, -0.1) is 0 Å². The lowest BCUT2D eigenvalue weighted by atomic mass is 10.0. The molecule has 3 rings (SSSR count). The van der Waals surface area contributed by atoms with Crippen LogP contribution in [0.3, 0.4) is 0 Å². The van der Waals surface area contributed by atoms with Crippen LogP contribution in [-0.2, 0) is 32.6 Å². The molecule has 0 aliphatic rings. The van der Waals surface area contributed by atoms with Crippen LogP contribution in [-0.4, -0.2) is 50.5 Å². The molecule has 9 heteroatoms. The summed E-state index contributed by atoms with van der Waals surface area (Å²) in [5.41, 5.74) is 2.92. The molecule has 7 nitrogen and oxygen atoms in total. The maximum Gasteiger partial charge on any atom is 0.244 e. The molecule has 0 spiro atoms. The smallest absolute Gasteiger partial charge is 0.244 e. The second-order valence-electron chi connectivity index (χ2n) is 9.61. The van der Waals surface area contributed by atoms with Gasteiger partial charge in [-0.3, -0.25) is 13.9 Å². The Balaban J connectivity index is 2.02. The fraction of sp³-hybridized carbons (Fsp3) is 0.333. The van der Waals surface area contributed by atoms with Gasteiger partial charge in [-0.2, -0.15) is 0 Å². The second kappa shape index (κ2) is 14.1. The molecule has 1 N–H and O–H groups in total. The Kier molecular flexibility index (Phi) is 10.9. The third kappa shape index (κ3) is 9.11. The van der Waals surface area contributed by atoms with Gasteiger partial charge in [-0.25, -0.2) is 8.42 Å². The largest absolute Gasteiger partial charge is 0.354 e. The molecule has 3 aromatic rings. The zero-order valence-electron chi connectivity index (χ0n) is 22.6. The Bertz CT molecular complexity index is 1350.